The van der Waals surface area contributed by atoms with E-state index in [2.05, 4.69) is 20.2 Å². The molecule has 0 radical (unpaired) electrons. The summed E-state index contributed by atoms with van der Waals surface area (Å²) in [6, 6.07) is -0.150. The van der Waals surface area contributed by atoms with Crippen molar-refractivity contribution in [3.8, 4) is 0 Å². The summed E-state index contributed by atoms with van der Waals surface area (Å²) < 4.78 is 0. The summed E-state index contributed by atoms with van der Waals surface area (Å²) in [7, 11) is 0. The largest absolute Gasteiger partial charge is 0.352 e. The van der Waals surface area contributed by atoms with Gasteiger partial charge in [-0.15, -0.1) is 0 Å². The van der Waals surface area contributed by atoms with Crippen LogP contribution in [0.1, 0.15) is 51.6 Å². The lowest BCUT2D eigenvalue weighted by Gasteiger charge is -2.28. The Kier molecular flexibility index (Phi) is 6.29. The maximum atomic E-state index is 13.0. The number of rotatable bonds is 7. The van der Waals surface area contributed by atoms with E-state index in [1.165, 1.54) is 0 Å². The van der Waals surface area contributed by atoms with Gasteiger partial charge in [-0.05, 0) is 33.1 Å². The van der Waals surface area contributed by atoms with Crippen LogP contribution in [0.15, 0.2) is 12.5 Å². The maximum Gasteiger partial charge on any atom is 0.240 e. The van der Waals surface area contributed by atoms with E-state index in [1.54, 1.807) is 12.5 Å². The predicted octanol–water partition coefficient (Wildman–Crippen LogP) is 1.53. The Labute approximate surface area is 155 Å². The number of hydrogen-bond donors (Lipinski definition) is 2. The summed E-state index contributed by atoms with van der Waals surface area (Å²) in [5, 5.41) is 3.21. The smallest absolute Gasteiger partial charge is 0.240 e. The van der Waals surface area contributed by atoms with Crippen molar-refractivity contribution >= 4 is 11.8 Å². The van der Waals surface area contributed by atoms with Gasteiger partial charge in [-0.2, -0.15) is 0 Å². The fourth-order valence-corrected chi connectivity index (χ4v) is 4.28. The zero-order chi connectivity index (χ0) is 18.5. The number of nitrogens with zero attached hydrogens (tertiary/aromatic N) is 3. The highest BCUT2D eigenvalue weighted by Gasteiger charge is 2.39. The Morgan fingerprint density at radius 3 is 2.65 bits per heavy atom. The molecule has 1 aliphatic heterocycles. The Morgan fingerprint density at radius 2 is 2.04 bits per heavy atom. The van der Waals surface area contributed by atoms with Gasteiger partial charge >= 0.3 is 0 Å². The average Bonchev–Trinajstić information content (AvgIpc) is 3.38. The fourth-order valence-electron chi connectivity index (χ4n) is 4.28. The van der Waals surface area contributed by atoms with Crippen LogP contribution in [-0.2, 0) is 16.1 Å². The van der Waals surface area contributed by atoms with Crippen LogP contribution < -0.4 is 5.32 Å². The molecule has 2 fully saturated rings. The number of nitrogens with one attached hydrogen (secondary N) is 2. The van der Waals surface area contributed by atoms with Crippen molar-refractivity contribution in [3.63, 3.8) is 0 Å². The van der Waals surface area contributed by atoms with Gasteiger partial charge in [0.1, 0.15) is 0 Å². The summed E-state index contributed by atoms with van der Waals surface area (Å²) in [6.07, 6.45) is 8.43. The molecular formula is C19H31N5O2. The number of likely N-dealkylation sites (N-methyl/N-ethyl adjacent to an activating group) is 1. The standard InChI is InChI=1S/C19H31N5O2/c1-3-23(4-2)19(26)17-9-15(22-18(25)14-7-5-6-8-14)11-24(17)12-16-10-20-13-21-16/h10,13-15,17H,3-9,11-12H2,1-2H3,(H,20,21)(H,22,25)/t15-,17-/m0/s1. The number of aromatic nitrogens is 2. The van der Waals surface area contributed by atoms with Crippen LogP contribution >= 0.6 is 0 Å². The van der Waals surface area contributed by atoms with Crippen molar-refractivity contribution in [2.75, 3.05) is 19.6 Å². The molecule has 1 saturated carbocycles. The van der Waals surface area contributed by atoms with Crippen LogP contribution in [0.4, 0.5) is 0 Å². The summed E-state index contributed by atoms with van der Waals surface area (Å²) in [4.78, 5) is 36.7. The third-order valence-corrected chi connectivity index (χ3v) is 5.76. The van der Waals surface area contributed by atoms with Gasteiger partial charge in [-0.1, -0.05) is 12.8 Å². The van der Waals surface area contributed by atoms with Gasteiger partial charge in [0.15, 0.2) is 0 Å². The number of aromatic amines is 1. The molecule has 0 unspecified atom stereocenters. The van der Waals surface area contributed by atoms with E-state index in [9.17, 15) is 9.59 Å². The second-order valence-electron chi connectivity index (χ2n) is 7.46. The highest BCUT2D eigenvalue weighted by Crippen LogP contribution is 2.27. The molecule has 3 rings (SSSR count). The first-order valence-electron chi connectivity index (χ1n) is 9.92. The summed E-state index contributed by atoms with van der Waals surface area (Å²) in [5.74, 6) is 0.491. The summed E-state index contributed by atoms with van der Waals surface area (Å²) in [5.41, 5.74) is 0.991. The quantitative estimate of drug-likeness (QED) is 0.772. The van der Waals surface area contributed by atoms with Gasteiger partial charge in [0.05, 0.1) is 12.4 Å². The minimum atomic E-state index is -0.188. The molecule has 2 heterocycles. The highest BCUT2D eigenvalue weighted by atomic mass is 16.2. The molecule has 7 heteroatoms. The zero-order valence-electron chi connectivity index (χ0n) is 15.9. The molecule has 0 aromatic carbocycles. The Balaban J connectivity index is 1.67. The zero-order valence-corrected chi connectivity index (χ0v) is 15.9. The minimum Gasteiger partial charge on any atom is -0.352 e. The second kappa shape index (κ2) is 8.66. The van der Waals surface area contributed by atoms with Crippen LogP contribution in [-0.4, -0.2) is 63.3 Å². The van der Waals surface area contributed by atoms with Crippen molar-refractivity contribution in [1.29, 1.82) is 0 Å². The number of imidazole rings is 1. The van der Waals surface area contributed by atoms with Crippen LogP contribution in [0.25, 0.3) is 0 Å². The van der Waals surface area contributed by atoms with Crippen LogP contribution in [0, 0.1) is 5.92 Å². The molecule has 144 valence electrons. The van der Waals surface area contributed by atoms with Crippen molar-refractivity contribution in [3.05, 3.63) is 18.2 Å². The number of H-pyrrole nitrogens is 1. The summed E-state index contributed by atoms with van der Waals surface area (Å²) >= 11 is 0. The number of carbonyl (C=O) groups is 2. The van der Waals surface area contributed by atoms with Crippen LogP contribution in [0.5, 0.6) is 0 Å². The lowest BCUT2D eigenvalue weighted by molar-refractivity contribution is -0.135. The van der Waals surface area contributed by atoms with Crippen molar-refractivity contribution < 1.29 is 9.59 Å². The van der Waals surface area contributed by atoms with E-state index in [0.717, 1.165) is 31.4 Å². The van der Waals surface area contributed by atoms with Crippen molar-refractivity contribution in [2.24, 2.45) is 5.92 Å². The minimum absolute atomic E-state index is 0.0375. The first-order chi connectivity index (χ1) is 12.6. The van der Waals surface area contributed by atoms with E-state index in [-0.39, 0.29) is 29.8 Å². The molecule has 2 aliphatic rings. The van der Waals surface area contributed by atoms with Gasteiger partial charge in [-0.25, -0.2) is 4.98 Å². The van der Waals surface area contributed by atoms with Crippen molar-refractivity contribution in [1.82, 2.24) is 25.1 Å². The van der Waals surface area contributed by atoms with E-state index >= 15 is 0 Å². The first-order valence-corrected chi connectivity index (χ1v) is 9.92. The molecule has 1 aromatic rings. The van der Waals surface area contributed by atoms with Crippen molar-refractivity contribution in [2.45, 2.75) is 64.6 Å². The monoisotopic (exact) mass is 361 g/mol. The molecule has 7 nitrogen and oxygen atoms in total. The van der Waals surface area contributed by atoms with Gasteiger partial charge in [0.25, 0.3) is 0 Å². The molecule has 1 aromatic heterocycles. The van der Waals surface area contributed by atoms with E-state index in [1.807, 2.05) is 18.7 Å². The predicted molar refractivity (Wildman–Crippen MR) is 99.2 cm³/mol. The first kappa shape index (κ1) is 18.9. The molecule has 0 bridgehead atoms. The molecule has 0 spiro atoms. The lowest BCUT2D eigenvalue weighted by Crippen LogP contribution is -2.45. The number of amides is 2. The molecule has 1 saturated heterocycles. The SMILES string of the molecule is CCN(CC)C(=O)[C@@H]1C[C@H](NC(=O)C2CCCC2)CN1Cc1cnc[nH]1. The lowest BCUT2D eigenvalue weighted by atomic mass is 10.1. The third kappa shape index (κ3) is 4.26. The number of carbonyl (C=O) groups excluding carboxylic acids is 2. The molecule has 1 aliphatic carbocycles. The maximum absolute atomic E-state index is 13.0. The van der Waals surface area contributed by atoms with Gasteiger partial charge in [0, 0.05) is 50.0 Å². The van der Waals surface area contributed by atoms with E-state index in [4.69, 9.17) is 0 Å². The number of hydrogen-bond acceptors (Lipinski definition) is 4. The fraction of sp³-hybridized carbons (Fsp3) is 0.737. The average molecular weight is 361 g/mol. The Hall–Kier alpha value is -1.89. The van der Waals surface area contributed by atoms with Crippen LogP contribution in [0.3, 0.4) is 0 Å². The molecular weight excluding hydrogens is 330 g/mol. The van der Waals surface area contributed by atoms with Gasteiger partial charge in [-0.3, -0.25) is 14.5 Å². The van der Waals surface area contributed by atoms with Gasteiger partial charge in [0.2, 0.25) is 11.8 Å². The van der Waals surface area contributed by atoms with Crippen LogP contribution in [0.2, 0.25) is 0 Å². The second-order valence-corrected chi connectivity index (χ2v) is 7.46. The van der Waals surface area contributed by atoms with E-state index in [0.29, 0.717) is 32.6 Å². The molecule has 2 amide bonds. The highest BCUT2D eigenvalue weighted by molar-refractivity contribution is 5.83. The number of likely N-dealkylation sites (tertiary alicyclic amines) is 1. The Bertz CT molecular complexity index is 593. The van der Waals surface area contributed by atoms with E-state index < -0.39 is 0 Å². The molecule has 26 heavy (non-hydrogen) atoms. The van der Waals surface area contributed by atoms with Gasteiger partial charge < -0.3 is 15.2 Å². The Morgan fingerprint density at radius 1 is 1.31 bits per heavy atom. The molecule has 2 atom stereocenters. The molecule has 2 N–H and O–H groups in total. The normalized spacial score (nSPS) is 24.1. The summed E-state index contributed by atoms with van der Waals surface area (Å²) in [6.45, 7) is 6.79. The topological polar surface area (TPSA) is 81.3 Å². The third-order valence-electron chi connectivity index (χ3n) is 5.76.